The molecule has 4 aromatic rings. The molecule has 0 aliphatic carbocycles. The van der Waals surface area contributed by atoms with Crippen molar-refractivity contribution in [3.63, 3.8) is 0 Å². The predicted octanol–water partition coefficient (Wildman–Crippen LogP) is 5.15. The zero-order chi connectivity index (χ0) is 29.0. The minimum atomic E-state index is -0.978. The van der Waals surface area contributed by atoms with Gasteiger partial charge in [0.1, 0.15) is 0 Å². The molecule has 0 saturated carbocycles. The Bertz CT molecular complexity index is 1460. The van der Waals surface area contributed by atoms with E-state index in [4.69, 9.17) is 0 Å². The number of nitrogens with zero attached hydrogens (tertiary/aromatic N) is 2. The molecule has 0 atom stereocenters. The molecule has 0 saturated heterocycles. The fourth-order valence-electron chi connectivity index (χ4n) is 4.78. The van der Waals surface area contributed by atoms with E-state index in [0.29, 0.717) is 41.8 Å². The number of hydrogen-bond donors (Lipinski definition) is 2. The monoisotopic (exact) mass is 550 g/mol. The van der Waals surface area contributed by atoms with E-state index in [0.717, 1.165) is 11.1 Å². The van der Waals surface area contributed by atoms with Gasteiger partial charge in [-0.3, -0.25) is 14.4 Å². The third kappa shape index (κ3) is 7.90. The highest BCUT2D eigenvalue weighted by molar-refractivity contribution is 6.06. The van der Waals surface area contributed by atoms with E-state index in [1.165, 1.54) is 0 Å². The van der Waals surface area contributed by atoms with Crippen molar-refractivity contribution in [2.45, 2.75) is 19.4 Å². The maximum Gasteiger partial charge on any atom is 0.305 e. The first-order chi connectivity index (χ1) is 20.0. The van der Waals surface area contributed by atoms with Gasteiger partial charge in [0, 0.05) is 37.3 Å². The zero-order valence-electron chi connectivity index (χ0n) is 22.9. The van der Waals surface area contributed by atoms with E-state index < -0.39 is 5.97 Å². The number of amides is 2. The highest BCUT2D eigenvalue weighted by Gasteiger charge is 2.24. The Morgan fingerprint density at radius 1 is 0.561 bits per heavy atom. The summed E-state index contributed by atoms with van der Waals surface area (Å²) in [4.78, 5) is 42.3. The number of rotatable bonds is 13. The standard InChI is InChI=1S/C34H34N2O5/c37-24-23-36(25-27-13-5-2-6-14-27)34(41)31-18-10-8-16-29(31)28-15-7-9-17-30(28)33(40)35(22-20-32(38)39)21-19-26-11-3-1-4-12-26/h1-18,37H,19-25H2,(H,38,39). The lowest BCUT2D eigenvalue weighted by Crippen LogP contribution is -2.35. The van der Waals surface area contributed by atoms with Gasteiger partial charge in [-0.15, -0.1) is 0 Å². The van der Waals surface area contributed by atoms with Crippen molar-refractivity contribution in [1.82, 2.24) is 9.80 Å². The predicted molar refractivity (Wildman–Crippen MR) is 158 cm³/mol. The molecule has 0 spiro atoms. The first kappa shape index (κ1) is 29.2. The van der Waals surface area contributed by atoms with Crippen molar-refractivity contribution in [3.05, 3.63) is 131 Å². The summed E-state index contributed by atoms with van der Waals surface area (Å²) in [6, 6.07) is 33.5. The summed E-state index contributed by atoms with van der Waals surface area (Å²) in [6.45, 7) is 0.724. The van der Waals surface area contributed by atoms with Gasteiger partial charge in [0.2, 0.25) is 0 Å². The third-order valence-corrected chi connectivity index (χ3v) is 6.87. The van der Waals surface area contributed by atoms with Crippen LogP contribution in [0.4, 0.5) is 0 Å². The Morgan fingerprint density at radius 2 is 1.05 bits per heavy atom. The molecule has 210 valence electrons. The number of carboxylic acid groups (broad SMARTS) is 1. The van der Waals surface area contributed by atoms with Crippen LogP contribution in [0.3, 0.4) is 0 Å². The van der Waals surface area contributed by atoms with Gasteiger partial charge in [-0.25, -0.2) is 0 Å². The van der Waals surface area contributed by atoms with Gasteiger partial charge in [0.25, 0.3) is 11.8 Å². The lowest BCUT2D eigenvalue weighted by molar-refractivity contribution is -0.137. The summed E-state index contributed by atoms with van der Waals surface area (Å²) < 4.78 is 0. The fourth-order valence-corrected chi connectivity index (χ4v) is 4.78. The molecule has 0 heterocycles. The largest absolute Gasteiger partial charge is 0.481 e. The SMILES string of the molecule is O=C(O)CCN(CCc1ccccc1)C(=O)c1ccccc1-c1ccccc1C(=O)N(CCO)Cc1ccccc1. The van der Waals surface area contributed by atoms with Crippen molar-refractivity contribution >= 4 is 17.8 Å². The van der Waals surface area contributed by atoms with Crippen LogP contribution in [-0.2, 0) is 17.8 Å². The molecule has 0 aromatic heterocycles. The Kier molecular flexibility index (Phi) is 10.4. The molecule has 2 N–H and O–H groups in total. The molecule has 4 rings (SSSR count). The van der Waals surface area contributed by atoms with Crippen molar-refractivity contribution in [3.8, 4) is 11.1 Å². The molecule has 0 aliphatic rings. The molecular formula is C34H34N2O5. The normalized spacial score (nSPS) is 10.7. The number of carbonyl (C=O) groups is 3. The first-order valence-electron chi connectivity index (χ1n) is 13.7. The molecular weight excluding hydrogens is 516 g/mol. The van der Waals surface area contributed by atoms with Crippen LogP contribution in [0.5, 0.6) is 0 Å². The molecule has 4 aromatic carbocycles. The molecule has 0 unspecified atom stereocenters. The average Bonchev–Trinajstić information content (AvgIpc) is 3.01. The second-order valence-corrected chi connectivity index (χ2v) is 9.70. The van der Waals surface area contributed by atoms with E-state index in [1.54, 1.807) is 40.1 Å². The quantitative estimate of drug-likeness (QED) is 0.240. The number of carbonyl (C=O) groups excluding carboxylic acids is 2. The van der Waals surface area contributed by atoms with Crippen molar-refractivity contribution in [2.24, 2.45) is 0 Å². The van der Waals surface area contributed by atoms with E-state index in [1.807, 2.05) is 78.9 Å². The molecule has 7 nitrogen and oxygen atoms in total. The van der Waals surface area contributed by atoms with Crippen LogP contribution in [0.15, 0.2) is 109 Å². The molecule has 0 aliphatic heterocycles. The molecule has 41 heavy (non-hydrogen) atoms. The Balaban J connectivity index is 1.66. The van der Waals surface area contributed by atoms with Gasteiger partial charge in [0.15, 0.2) is 0 Å². The van der Waals surface area contributed by atoms with Crippen LogP contribution >= 0.6 is 0 Å². The summed E-state index contributed by atoms with van der Waals surface area (Å²) in [5.41, 5.74) is 3.98. The van der Waals surface area contributed by atoms with Gasteiger partial charge in [-0.1, -0.05) is 97.1 Å². The summed E-state index contributed by atoms with van der Waals surface area (Å²) in [6.07, 6.45) is 0.409. The topological polar surface area (TPSA) is 98.2 Å². The van der Waals surface area contributed by atoms with Crippen LogP contribution in [0.2, 0.25) is 0 Å². The first-order valence-corrected chi connectivity index (χ1v) is 13.7. The van der Waals surface area contributed by atoms with Crippen LogP contribution in [0, 0.1) is 0 Å². The second kappa shape index (κ2) is 14.6. The number of hydrogen-bond acceptors (Lipinski definition) is 4. The van der Waals surface area contributed by atoms with Crippen molar-refractivity contribution in [2.75, 3.05) is 26.2 Å². The third-order valence-electron chi connectivity index (χ3n) is 6.87. The summed E-state index contributed by atoms with van der Waals surface area (Å²) in [7, 11) is 0. The molecule has 0 radical (unpaired) electrons. The minimum Gasteiger partial charge on any atom is -0.481 e. The minimum absolute atomic E-state index is 0.0667. The maximum atomic E-state index is 13.9. The highest BCUT2D eigenvalue weighted by Crippen LogP contribution is 2.29. The number of aliphatic hydroxyl groups excluding tert-OH is 1. The molecule has 0 fully saturated rings. The lowest BCUT2D eigenvalue weighted by atomic mass is 9.93. The zero-order valence-corrected chi connectivity index (χ0v) is 22.9. The molecule has 7 heteroatoms. The van der Waals surface area contributed by atoms with Crippen LogP contribution in [0.1, 0.15) is 38.3 Å². The summed E-state index contributed by atoms with van der Waals surface area (Å²) in [5, 5.41) is 19.0. The highest BCUT2D eigenvalue weighted by atomic mass is 16.4. The molecule has 2 amide bonds. The van der Waals surface area contributed by atoms with Gasteiger partial charge in [0.05, 0.1) is 13.0 Å². The van der Waals surface area contributed by atoms with Crippen LogP contribution < -0.4 is 0 Å². The van der Waals surface area contributed by atoms with Gasteiger partial charge < -0.3 is 20.0 Å². The fraction of sp³-hybridized carbons (Fsp3) is 0.206. The van der Waals surface area contributed by atoms with Crippen molar-refractivity contribution < 1.29 is 24.6 Å². The van der Waals surface area contributed by atoms with Gasteiger partial charge in [-0.2, -0.15) is 0 Å². The Morgan fingerprint density at radius 3 is 1.59 bits per heavy atom. The lowest BCUT2D eigenvalue weighted by Gasteiger charge is -2.25. The van der Waals surface area contributed by atoms with E-state index in [2.05, 4.69) is 0 Å². The van der Waals surface area contributed by atoms with E-state index in [9.17, 15) is 24.6 Å². The Hall–Kier alpha value is -4.75. The second-order valence-electron chi connectivity index (χ2n) is 9.70. The van der Waals surface area contributed by atoms with E-state index in [-0.39, 0.29) is 37.9 Å². The number of aliphatic carboxylic acids is 1. The van der Waals surface area contributed by atoms with Crippen molar-refractivity contribution in [1.29, 1.82) is 0 Å². The summed E-state index contributed by atoms with van der Waals surface area (Å²) >= 11 is 0. The van der Waals surface area contributed by atoms with Crippen LogP contribution in [0.25, 0.3) is 11.1 Å². The summed E-state index contributed by atoms with van der Waals surface area (Å²) in [5.74, 6) is -1.53. The van der Waals surface area contributed by atoms with E-state index >= 15 is 0 Å². The number of carboxylic acids is 1. The van der Waals surface area contributed by atoms with Crippen LogP contribution in [-0.4, -0.2) is 64.0 Å². The van der Waals surface area contributed by atoms with Gasteiger partial charge >= 0.3 is 5.97 Å². The Labute approximate surface area is 240 Å². The average molecular weight is 551 g/mol. The molecule has 0 bridgehead atoms. The number of benzene rings is 4. The number of aliphatic hydroxyl groups is 1. The smallest absolute Gasteiger partial charge is 0.305 e. The van der Waals surface area contributed by atoms with Gasteiger partial charge in [-0.05, 0) is 40.8 Å². The maximum absolute atomic E-state index is 13.9.